The number of halogens is 2. The lowest BCUT2D eigenvalue weighted by atomic mass is 10.0. The number of carbonyl (C=O) groups is 1. The van der Waals surface area contributed by atoms with Crippen molar-refractivity contribution in [2.45, 2.75) is 58.1 Å². The van der Waals surface area contributed by atoms with Gasteiger partial charge in [-0.25, -0.2) is 13.6 Å². The monoisotopic (exact) mass is 388 g/mol. The molecule has 1 aromatic carbocycles. The summed E-state index contributed by atoms with van der Waals surface area (Å²) in [6.45, 7) is 14.4. The van der Waals surface area contributed by atoms with Gasteiger partial charge in [0, 0.05) is 11.1 Å². The van der Waals surface area contributed by atoms with Crippen molar-refractivity contribution in [1.29, 1.82) is 0 Å². The average Bonchev–Trinajstić information content (AvgIpc) is 3.23. The van der Waals surface area contributed by atoms with Crippen LogP contribution in [-0.4, -0.2) is 21.4 Å². The van der Waals surface area contributed by atoms with Crippen LogP contribution in [0.15, 0.2) is 12.1 Å². The van der Waals surface area contributed by atoms with Gasteiger partial charge >= 0.3 is 5.97 Å². The fraction of sp³-hybridized carbons (Fsp3) is 0.450. The average molecular weight is 388 g/mol. The number of esters is 1. The molecule has 1 aliphatic rings. The molecule has 1 saturated carbocycles. The quantitative estimate of drug-likeness (QED) is 0.624. The van der Waals surface area contributed by atoms with Gasteiger partial charge in [-0.2, -0.15) is 5.10 Å². The number of ether oxygens (including phenoxy) is 1. The summed E-state index contributed by atoms with van der Waals surface area (Å²) in [5, 5.41) is 4.31. The van der Waals surface area contributed by atoms with Gasteiger partial charge in [0.05, 0.1) is 18.5 Å². The minimum atomic E-state index is -1.17. The maximum Gasteiger partial charge on any atom is 0.310 e. The van der Waals surface area contributed by atoms with Crippen LogP contribution in [0.2, 0.25) is 0 Å². The van der Waals surface area contributed by atoms with Gasteiger partial charge in [-0.15, -0.1) is 0 Å². The van der Waals surface area contributed by atoms with E-state index in [0.717, 1.165) is 12.8 Å². The van der Waals surface area contributed by atoms with Crippen molar-refractivity contribution in [2.75, 3.05) is 5.73 Å². The Hall–Kier alpha value is -2.95. The number of aromatic nitrogens is 2. The molecule has 1 fully saturated rings. The summed E-state index contributed by atoms with van der Waals surface area (Å²) in [4.78, 5) is 15.3. The Morgan fingerprint density at radius 1 is 1.36 bits per heavy atom. The van der Waals surface area contributed by atoms with Crippen LogP contribution in [-0.2, 0) is 21.5 Å². The van der Waals surface area contributed by atoms with E-state index in [1.165, 1.54) is 16.8 Å². The molecule has 0 unspecified atom stereocenters. The Kier molecular flexibility index (Phi) is 4.66. The van der Waals surface area contributed by atoms with E-state index < -0.39 is 29.6 Å². The zero-order valence-electron chi connectivity index (χ0n) is 16.3. The van der Waals surface area contributed by atoms with Crippen LogP contribution in [0.1, 0.15) is 46.1 Å². The summed E-state index contributed by atoms with van der Waals surface area (Å²) in [5.74, 6) is -2.85. The van der Waals surface area contributed by atoms with Gasteiger partial charge in [-0.05, 0) is 40.5 Å². The van der Waals surface area contributed by atoms with E-state index in [0.29, 0.717) is 0 Å². The number of rotatable bonds is 4. The van der Waals surface area contributed by atoms with E-state index in [9.17, 15) is 13.6 Å². The number of hydrogen-bond donors (Lipinski definition) is 1. The van der Waals surface area contributed by atoms with Crippen molar-refractivity contribution in [3.63, 3.8) is 0 Å². The third-order valence-corrected chi connectivity index (χ3v) is 4.66. The molecule has 0 atom stereocenters. The zero-order valence-corrected chi connectivity index (χ0v) is 16.3. The summed E-state index contributed by atoms with van der Waals surface area (Å²) >= 11 is 0. The fourth-order valence-corrected chi connectivity index (χ4v) is 2.96. The first-order chi connectivity index (χ1) is 13.0. The smallest absolute Gasteiger partial charge is 0.310 e. The molecule has 1 heterocycles. The molecule has 28 heavy (non-hydrogen) atoms. The second-order valence-corrected chi connectivity index (χ2v) is 8.27. The zero-order chi connectivity index (χ0) is 20.9. The molecule has 0 saturated heterocycles. The minimum Gasteiger partial charge on any atom is -0.460 e. The third kappa shape index (κ3) is 3.57. The van der Waals surface area contributed by atoms with E-state index in [2.05, 4.69) is 9.94 Å². The largest absolute Gasteiger partial charge is 0.460 e. The Bertz CT molecular complexity index is 995. The number of nitrogen functional groups attached to an aromatic ring is 1. The van der Waals surface area contributed by atoms with Crippen LogP contribution < -0.4 is 5.73 Å². The van der Waals surface area contributed by atoms with Gasteiger partial charge in [-0.3, -0.25) is 9.48 Å². The molecular weight excluding hydrogens is 366 g/mol. The fourth-order valence-electron chi connectivity index (χ4n) is 2.96. The van der Waals surface area contributed by atoms with Gasteiger partial charge in [0.25, 0.3) is 5.69 Å². The van der Waals surface area contributed by atoms with Crippen LogP contribution in [0, 0.1) is 18.2 Å². The molecule has 148 valence electrons. The number of hydrogen-bond acceptors (Lipinski definition) is 4. The molecule has 2 aromatic rings. The van der Waals surface area contributed by atoms with Crippen LogP contribution in [0.4, 0.5) is 20.3 Å². The number of benzene rings is 1. The molecule has 0 spiro atoms. The van der Waals surface area contributed by atoms with E-state index in [4.69, 9.17) is 17.0 Å². The lowest BCUT2D eigenvalue weighted by Gasteiger charge is -2.19. The summed E-state index contributed by atoms with van der Waals surface area (Å²) in [6, 6.07) is 2.62. The van der Waals surface area contributed by atoms with Crippen molar-refractivity contribution in [3.05, 3.63) is 40.7 Å². The standard InChI is InChI=1S/C20H22F2N4O2/c1-19(2,3)28-13(27)10-11-6-7-12(15(22)14(11)21)16-17(24-5)18(23)26(25-16)20(4)8-9-20/h6-7H,8-10,23H2,1-4H3. The normalized spacial score (nSPS) is 15.2. The maximum atomic E-state index is 14.8. The second-order valence-electron chi connectivity index (χ2n) is 8.27. The Morgan fingerprint density at radius 2 is 2.00 bits per heavy atom. The predicted molar refractivity (Wildman–Crippen MR) is 101 cm³/mol. The highest BCUT2D eigenvalue weighted by Gasteiger charge is 2.43. The Morgan fingerprint density at radius 3 is 2.54 bits per heavy atom. The first-order valence-electron chi connectivity index (χ1n) is 8.92. The van der Waals surface area contributed by atoms with Crippen molar-refractivity contribution < 1.29 is 18.3 Å². The summed E-state index contributed by atoms with van der Waals surface area (Å²) < 4.78 is 36.1. The van der Waals surface area contributed by atoms with Crippen LogP contribution in [0.3, 0.4) is 0 Å². The predicted octanol–water partition coefficient (Wildman–Crippen LogP) is 4.35. The molecule has 6 nitrogen and oxygen atoms in total. The van der Waals surface area contributed by atoms with Gasteiger partial charge < -0.3 is 10.5 Å². The van der Waals surface area contributed by atoms with Crippen molar-refractivity contribution in [1.82, 2.24) is 9.78 Å². The van der Waals surface area contributed by atoms with E-state index in [1.54, 1.807) is 20.8 Å². The third-order valence-electron chi connectivity index (χ3n) is 4.66. The topological polar surface area (TPSA) is 74.5 Å². The maximum absolute atomic E-state index is 14.8. The molecule has 1 aliphatic carbocycles. The van der Waals surface area contributed by atoms with Gasteiger partial charge in [0.2, 0.25) is 0 Å². The molecule has 0 amide bonds. The van der Waals surface area contributed by atoms with Crippen molar-refractivity contribution in [3.8, 4) is 11.3 Å². The number of carbonyl (C=O) groups excluding carboxylic acids is 1. The summed E-state index contributed by atoms with van der Waals surface area (Å²) in [7, 11) is 0. The molecular formula is C20H22F2N4O2. The molecule has 3 rings (SSSR count). The van der Waals surface area contributed by atoms with Crippen LogP contribution >= 0.6 is 0 Å². The molecule has 0 bridgehead atoms. The van der Waals surface area contributed by atoms with Crippen LogP contribution in [0.25, 0.3) is 16.1 Å². The Balaban J connectivity index is 1.98. The SMILES string of the molecule is [C-]#[N+]c1c(-c2ccc(CC(=O)OC(C)(C)C)c(F)c2F)nn(C2(C)CC2)c1N. The highest BCUT2D eigenvalue weighted by Crippen LogP contribution is 2.48. The molecule has 8 heteroatoms. The molecule has 1 aromatic heterocycles. The van der Waals surface area contributed by atoms with E-state index in [-0.39, 0.29) is 33.9 Å². The number of nitrogens with zero attached hydrogens (tertiary/aromatic N) is 3. The minimum absolute atomic E-state index is 0.000781. The lowest BCUT2D eigenvalue weighted by Crippen LogP contribution is -2.25. The first kappa shape index (κ1) is 19.8. The van der Waals surface area contributed by atoms with Gasteiger partial charge in [0.15, 0.2) is 11.6 Å². The number of anilines is 1. The molecule has 0 radical (unpaired) electrons. The molecule has 2 N–H and O–H groups in total. The lowest BCUT2D eigenvalue weighted by molar-refractivity contribution is -0.153. The summed E-state index contributed by atoms with van der Waals surface area (Å²) in [6.07, 6.45) is 1.30. The highest BCUT2D eigenvalue weighted by atomic mass is 19.2. The van der Waals surface area contributed by atoms with Crippen LogP contribution in [0.5, 0.6) is 0 Å². The van der Waals surface area contributed by atoms with E-state index >= 15 is 0 Å². The highest BCUT2D eigenvalue weighted by molar-refractivity contribution is 5.84. The second kappa shape index (κ2) is 6.59. The van der Waals surface area contributed by atoms with Gasteiger partial charge in [-0.1, -0.05) is 12.1 Å². The number of nitrogens with two attached hydrogens (primary N) is 1. The Labute approximate surface area is 162 Å². The first-order valence-corrected chi connectivity index (χ1v) is 8.92. The van der Waals surface area contributed by atoms with E-state index in [1.807, 2.05) is 6.92 Å². The van der Waals surface area contributed by atoms with Crippen molar-refractivity contribution in [2.24, 2.45) is 0 Å². The molecule has 0 aliphatic heterocycles. The van der Waals surface area contributed by atoms with Gasteiger partial charge in [0.1, 0.15) is 17.1 Å². The summed E-state index contributed by atoms with van der Waals surface area (Å²) in [5.41, 5.74) is 4.72. The van der Waals surface area contributed by atoms with Crippen molar-refractivity contribution >= 4 is 17.5 Å².